The van der Waals surface area contributed by atoms with Crippen molar-refractivity contribution in [2.24, 2.45) is 4.99 Å². The average Bonchev–Trinajstić information content (AvgIpc) is 3.09. The third-order valence-corrected chi connectivity index (χ3v) is 4.59. The number of nitrogens with two attached hydrogens (primary N) is 1. The van der Waals surface area contributed by atoms with Crippen LogP contribution in [0.5, 0.6) is 0 Å². The molecule has 0 saturated heterocycles. The Kier molecular flexibility index (Phi) is 7.00. The number of hydrogen-bond donors (Lipinski definition) is 3. The van der Waals surface area contributed by atoms with Crippen molar-refractivity contribution in [1.82, 2.24) is 20.4 Å². The summed E-state index contributed by atoms with van der Waals surface area (Å²) in [7, 11) is 1.72. The minimum absolute atomic E-state index is 0.257. The molecule has 7 nitrogen and oxygen atoms in total. The maximum atomic E-state index is 13.2. The van der Waals surface area contributed by atoms with Crippen LogP contribution >= 0.6 is 0 Å². The monoisotopic (exact) mass is 405 g/mol. The van der Waals surface area contributed by atoms with E-state index < -0.39 is 0 Å². The minimum atomic E-state index is -0.342. The van der Waals surface area contributed by atoms with Gasteiger partial charge < -0.3 is 16.4 Å². The molecule has 0 fully saturated rings. The highest BCUT2D eigenvalue weighted by atomic mass is 19.1. The predicted octanol–water partition coefficient (Wildman–Crippen LogP) is 2.76. The number of hydrogen-bond acceptors (Lipinski definition) is 4. The van der Waals surface area contributed by atoms with Crippen LogP contribution in [0, 0.1) is 17.1 Å². The van der Waals surface area contributed by atoms with Gasteiger partial charge in [-0.25, -0.2) is 9.07 Å². The molecular formula is C22H24FN7. The number of rotatable bonds is 7. The fraction of sp³-hybridized carbons (Fsp3) is 0.227. The summed E-state index contributed by atoms with van der Waals surface area (Å²) >= 11 is 0. The summed E-state index contributed by atoms with van der Waals surface area (Å²) in [5, 5.41) is 20.5. The lowest BCUT2D eigenvalue weighted by Crippen LogP contribution is -2.37. The van der Waals surface area contributed by atoms with Crippen molar-refractivity contribution in [3.63, 3.8) is 0 Å². The van der Waals surface area contributed by atoms with Crippen molar-refractivity contribution in [1.29, 1.82) is 5.26 Å². The lowest BCUT2D eigenvalue weighted by atomic mass is 10.1. The van der Waals surface area contributed by atoms with Crippen molar-refractivity contribution in [3.05, 3.63) is 77.2 Å². The second-order valence-corrected chi connectivity index (χ2v) is 6.65. The second kappa shape index (κ2) is 10.1. The number of aryl methyl sites for hydroxylation is 1. The average molecular weight is 405 g/mol. The molecule has 30 heavy (non-hydrogen) atoms. The number of halogens is 1. The molecular weight excluding hydrogens is 381 g/mol. The van der Waals surface area contributed by atoms with Crippen LogP contribution in [0.25, 0.3) is 5.69 Å². The Morgan fingerprint density at radius 3 is 2.57 bits per heavy atom. The number of nitrogen functional groups attached to an aromatic ring is 1. The SMILES string of the molecule is CN=C(NCCCc1nn(-c2ccc(F)cc2)c(N)c1C#N)NCc1ccccc1. The molecule has 3 rings (SSSR count). The van der Waals surface area contributed by atoms with Gasteiger partial charge in [-0.2, -0.15) is 10.4 Å². The predicted molar refractivity (Wildman–Crippen MR) is 116 cm³/mol. The van der Waals surface area contributed by atoms with Gasteiger partial charge in [0.05, 0.1) is 11.4 Å². The molecule has 2 aromatic carbocycles. The van der Waals surface area contributed by atoms with Crippen LogP contribution in [0.4, 0.5) is 10.2 Å². The number of nitrogens with one attached hydrogen (secondary N) is 2. The molecule has 0 amide bonds. The van der Waals surface area contributed by atoms with Gasteiger partial charge in [0, 0.05) is 20.1 Å². The lowest BCUT2D eigenvalue weighted by molar-refractivity contribution is 0.627. The van der Waals surface area contributed by atoms with E-state index in [4.69, 9.17) is 5.73 Å². The van der Waals surface area contributed by atoms with Crippen molar-refractivity contribution < 1.29 is 4.39 Å². The molecule has 4 N–H and O–H groups in total. The molecule has 0 atom stereocenters. The molecule has 0 aliphatic rings. The van der Waals surface area contributed by atoms with Gasteiger partial charge >= 0.3 is 0 Å². The number of aromatic nitrogens is 2. The van der Waals surface area contributed by atoms with Crippen molar-refractivity contribution in [2.75, 3.05) is 19.3 Å². The number of nitriles is 1. The molecule has 1 heterocycles. The van der Waals surface area contributed by atoms with E-state index in [1.165, 1.54) is 22.4 Å². The smallest absolute Gasteiger partial charge is 0.191 e. The van der Waals surface area contributed by atoms with Crippen molar-refractivity contribution in [3.8, 4) is 11.8 Å². The summed E-state index contributed by atoms with van der Waals surface area (Å²) < 4.78 is 14.6. The van der Waals surface area contributed by atoms with Gasteiger partial charge in [0.1, 0.15) is 23.3 Å². The summed E-state index contributed by atoms with van der Waals surface area (Å²) in [6.07, 6.45) is 1.31. The maximum Gasteiger partial charge on any atom is 0.191 e. The normalized spacial score (nSPS) is 11.2. The standard InChI is InChI=1S/C22H24FN7/c1-26-22(28-15-16-6-3-2-4-7-16)27-13-5-8-20-19(14-24)21(25)30(29-20)18-11-9-17(23)10-12-18/h2-4,6-7,9-12H,5,8,13,15,25H2,1H3,(H2,26,27,28). The topological polar surface area (TPSA) is 104 Å². The van der Waals surface area contributed by atoms with Crippen LogP contribution in [-0.2, 0) is 13.0 Å². The largest absolute Gasteiger partial charge is 0.382 e. The highest BCUT2D eigenvalue weighted by Crippen LogP contribution is 2.21. The molecule has 0 saturated carbocycles. The van der Waals surface area contributed by atoms with E-state index in [2.05, 4.69) is 26.8 Å². The molecule has 1 aromatic heterocycles. The lowest BCUT2D eigenvalue weighted by Gasteiger charge is -2.11. The number of nitrogens with zero attached hydrogens (tertiary/aromatic N) is 4. The Balaban J connectivity index is 1.56. The van der Waals surface area contributed by atoms with Crippen LogP contribution in [0.3, 0.4) is 0 Å². The Hall–Kier alpha value is -3.86. The zero-order chi connectivity index (χ0) is 21.3. The van der Waals surface area contributed by atoms with Crippen LogP contribution in [-0.4, -0.2) is 29.3 Å². The van der Waals surface area contributed by atoms with E-state index in [1.54, 1.807) is 19.2 Å². The quantitative estimate of drug-likeness (QED) is 0.319. The van der Waals surface area contributed by atoms with Gasteiger partial charge in [0.25, 0.3) is 0 Å². The first kappa shape index (κ1) is 20.9. The van der Waals surface area contributed by atoms with E-state index in [0.717, 1.165) is 6.42 Å². The Bertz CT molecular complexity index is 1030. The Morgan fingerprint density at radius 1 is 1.17 bits per heavy atom. The third kappa shape index (κ3) is 5.14. The van der Waals surface area contributed by atoms with Gasteiger partial charge in [-0.15, -0.1) is 0 Å². The first-order valence-corrected chi connectivity index (χ1v) is 9.64. The summed E-state index contributed by atoms with van der Waals surface area (Å²) in [4.78, 5) is 4.22. The minimum Gasteiger partial charge on any atom is -0.382 e. The van der Waals surface area contributed by atoms with E-state index in [0.29, 0.717) is 42.4 Å². The zero-order valence-corrected chi connectivity index (χ0v) is 16.8. The molecule has 154 valence electrons. The Morgan fingerprint density at radius 2 is 1.90 bits per heavy atom. The highest BCUT2D eigenvalue weighted by molar-refractivity contribution is 5.79. The van der Waals surface area contributed by atoms with E-state index in [-0.39, 0.29) is 11.6 Å². The molecule has 0 spiro atoms. The van der Waals surface area contributed by atoms with Crippen LogP contribution in [0.15, 0.2) is 59.6 Å². The zero-order valence-electron chi connectivity index (χ0n) is 16.8. The molecule has 3 aromatic rings. The molecule has 8 heteroatoms. The fourth-order valence-corrected chi connectivity index (χ4v) is 3.02. The van der Waals surface area contributed by atoms with Crippen LogP contribution in [0.1, 0.15) is 23.2 Å². The second-order valence-electron chi connectivity index (χ2n) is 6.65. The van der Waals surface area contributed by atoms with Gasteiger partial charge in [-0.05, 0) is 42.7 Å². The number of benzene rings is 2. The van der Waals surface area contributed by atoms with Gasteiger partial charge in [-0.3, -0.25) is 4.99 Å². The van der Waals surface area contributed by atoms with E-state index in [9.17, 15) is 9.65 Å². The van der Waals surface area contributed by atoms with Gasteiger partial charge in [0.2, 0.25) is 0 Å². The van der Waals surface area contributed by atoms with Crippen LogP contribution in [0.2, 0.25) is 0 Å². The van der Waals surface area contributed by atoms with Crippen LogP contribution < -0.4 is 16.4 Å². The van der Waals surface area contributed by atoms with E-state index >= 15 is 0 Å². The fourth-order valence-electron chi connectivity index (χ4n) is 3.02. The number of guanidine groups is 1. The summed E-state index contributed by atoms with van der Waals surface area (Å²) in [6.45, 7) is 1.33. The van der Waals surface area contributed by atoms with Gasteiger partial charge in [0.15, 0.2) is 5.96 Å². The third-order valence-electron chi connectivity index (χ3n) is 4.59. The molecule has 0 radical (unpaired) electrons. The summed E-state index contributed by atoms with van der Waals surface area (Å²) in [5.74, 6) is 0.619. The molecule has 0 bridgehead atoms. The molecule has 0 unspecified atom stereocenters. The first-order chi connectivity index (χ1) is 14.6. The Labute approximate surface area is 175 Å². The summed E-state index contributed by atoms with van der Waals surface area (Å²) in [5.41, 5.74) is 8.84. The number of aliphatic imine (C=N–C) groups is 1. The van der Waals surface area contributed by atoms with E-state index in [1.807, 2.05) is 30.3 Å². The molecule has 0 aliphatic carbocycles. The van der Waals surface area contributed by atoms with Crippen molar-refractivity contribution in [2.45, 2.75) is 19.4 Å². The van der Waals surface area contributed by atoms with Crippen molar-refractivity contribution >= 4 is 11.8 Å². The molecule has 0 aliphatic heterocycles. The maximum absolute atomic E-state index is 13.2. The summed E-state index contributed by atoms with van der Waals surface area (Å²) in [6, 6.07) is 18.0. The first-order valence-electron chi connectivity index (χ1n) is 9.64. The number of anilines is 1. The highest BCUT2D eigenvalue weighted by Gasteiger charge is 2.16. The van der Waals surface area contributed by atoms with Gasteiger partial charge in [-0.1, -0.05) is 30.3 Å².